The minimum atomic E-state index is -1.18. The number of benzene rings is 2. The summed E-state index contributed by atoms with van der Waals surface area (Å²) in [5.41, 5.74) is 0.511. The van der Waals surface area contributed by atoms with Gasteiger partial charge in [0.05, 0.1) is 0 Å². The van der Waals surface area contributed by atoms with Crippen molar-refractivity contribution in [3.63, 3.8) is 0 Å². The van der Waals surface area contributed by atoms with Crippen LogP contribution in [-0.4, -0.2) is 30.2 Å². The van der Waals surface area contributed by atoms with E-state index in [4.69, 9.17) is 14.6 Å². The number of rotatable bonds is 8. The van der Waals surface area contributed by atoms with Gasteiger partial charge in [0.1, 0.15) is 24.7 Å². The maximum Gasteiger partial charge on any atom is 0.328 e. The fraction of sp³-hybridized carbons (Fsp3) is 0.111. The summed E-state index contributed by atoms with van der Waals surface area (Å²) >= 11 is 0. The van der Waals surface area contributed by atoms with E-state index in [0.717, 1.165) is 17.9 Å². The van der Waals surface area contributed by atoms with Crippen LogP contribution in [-0.2, 0) is 9.59 Å². The van der Waals surface area contributed by atoms with Gasteiger partial charge < -0.3 is 19.9 Å². The van der Waals surface area contributed by atoms with Crippen molar-refractivity contribution in [2.75, 3.05) is 18.5 Å². The molecule has 2 aromatic rings. The molecule has 0 saturated heterocycles. The van der Waals surface area contributed by atoms with Gasteiger partial charge in [0, 0.05) is 23.9 Å². The van der Waals surface area contributed by atoms with Gasteiger partial charge in [-0.2, -0.15) is 0 Å². The molecule has 6 heteroatoms. The van der Waals surface area contributed by atoms with E-state index >= 15 is 0 Å². The first-order valence-corrected chi connectivity index (χ1v) is 7.26. The molecule has 0 bridgehead atoms. The number of carbonyl (C=O) groups excluding carboxylic acids is 1. The minimum absolute atomic E-state index is 0.352. The number of nitrogens with one attached hydrogen (secondary N) is 1. The molecule has 0 atom stereocenters. The normalized spacial score (nSPS) is 10.3. The smallest absolute Gasteiger partial charge is 0.328 e. The summed E-state index contributed by atoms with van der Waals surface area (Å²) in [4.78, 5) is 21.9. The molecule has 24 heavy (non-hydrogen) atoms. The zero-order chi connectivity index (χ0) is 17.2. The zero-order valence-electron chi connectivity index (χ0n) is 12.8. The zero-order valence-corrected chi connectivity index (χ0v) is 12.8. The Morgan fingerprint density at radius 2 is 1.58 bits per heavy atom. The number of ether oxygens (including phenoxy) is 2. The average Bonchev–Trinajstić information content (AvgIpc) is 2.58. The minimum Gasteiger partial charge on any atom is -0.490 e. The molecule has 0 aliphatic heterocycles. The Morgan fingerprint density at radius 1 is 0.917 bits per heavy atom. The second-order valence-corrected chi connectivity index (χ2v) is 4.70. The number of aliphatic carboxylic acids is 1. The predicted molar refractivity (Wildman–Crippen MR) is 89.3 cm³/mol. The second kappa shape index (κ2) is 8.99. The molecule has 0 heterocycles. The third kappa shape index (κ3) is 6.23. The SMILES string of the molecule is O=C(O)/C=C/C(=O)Nc1cccc(OCCOc2ccccc2)c1. The van der Waals surface area contributed by atoms with E-state index in [1.165, 1.54) is 0 Å². The predicted octanol–water partition coefficient (Wildman–Crippen LogP) is 2.72. The monoisotopic (exact) mass is 327 g/mol. The number of para-hydroxylation sites is 1. The topological polar surface area (TPSA) is 84.9 Å². The lowest BCUT2D eigenvalue weighted by atomic mass is 10.3. The van der Waals surface area contributed by atoms with Crippen LogP contribution in [0.15, 0.2) is 66.7 Å². The summed E-state index contributed by atoms with van der Waals surface area (Å²) in [5, 5.41) is 11.0. The van der Waals surface area contributed by atoms with Crippen LogP contribution in [0.3, 0.4) is 0 Å². The highest BCUT2D eigenvalue weighted by Gasteiger charge is 2.01. The van der Waals surface area contributed by atoms with Crippen molar-refractivity contribution in [1.29, 1.82) is 0 Å². The molecule has 2 N–H and O–H groups in total. The van der Waals surface area contributed by atoms with Gasteiger partial charge in [-0.15, -0.1) is 0 Å². The summed E-state index contributed by atoms with van der Waals surface area (Å²) in [5.74, 6) is -0.360. The Bertz CT molecular complexity index is 712. The van der Waals surface area contributed by atoms with Crippen molar-refractivity contribution in [3.8, 4) is 11.5 Å². The number of hydrogen-bond acceptors (Lipinski definition) is 4. The van der Waals surface area contributed by atoms with Crippen molar-refractivity contribution < 1.29 is 24.2 Å². The molecular formula is C18H17NO5. The molecule has 0 aromatic heterocycles. The summed E-state index contributed by atoms with van der Waals surface area (Å²) in [6.07, 6.45) is 1.72. The van der Waals surface area contributed by atoms with Gasteiger partial charge in [-0.25, -0.2) is 4.79 Å². The molecule has 2 aromatic carbocycles. The molecule has 0 saturated carbocycles. The first-order valence-electron chi connectivity index (χ1n) is 7.26. The highest BCUT2D eigenvalue weighted by Crippen LogP contribution is 2.17. The van der Waals surface area contributed by atoms with Crippen molar-refractivity contribution >= 4 is 17.6 Å². The Hall–Kier alpha value is -3.28. The van der Waals surface area contributed by atoms with Crippen LogP contribution in [0.2, 0.25) is 0 Å². The van der Waals surface area contributed by atoms with E-state index in [-0.39, 0.29) is 0 Å². The lowest BCUT2D eigenvalue weighted by Gasteiger charge is -2.09. The summed E-state index contributed by atoms with van der Waals surface area (Å²) in [6, 6.07) is 16.2. The molecule has 124 valence electrons. The molecule has 0 spiro atoms. The van der Waals surface area contributed by atoms with Crippen molar-refractivity contribution in [1.82, 2.24) is 0 Å². The van der Waals surface area contributed by atoms with Crippen LogP contribution in [0.25, 0.3) is 0 Å². The van der Waals surface area contributed by atoms with Crippen LogP contribution in [0.5, 0.6) is 11.5 Å². The third-order valence-electron chi connectivity index (χ3n) is 2.84. The van der Waals surface area contributed by atoms with Crippen LogP contribution >= 0.6 is 0 Å². The van der Waals surface area contributed by atoms with E-state index in [2.05, 4.69) is 5.32 Å². The summed E-state index contributed by atoms with van der Waals surface area (Å²) in [7, 11) is 0. The Balaban J connectivity index is 1.79. The number of carbonyl (C=O) groups is 2. The van der Waals surface area contributed by atoms with Crippen LogP contribution in [0, 0.1) is 0 Å². The first kappa shape index (κ1) is 17.1. The largest absolute Gasteiger partial charge is 0.490 e. The van der Waals surface area contributed by atoms with Gasteiger partial charge >= 0.3 is 5.97 Å². The van der Waals surface area contributed by atoms with E-state index in [1.54, 1.807) is 24.3 Å². The number of amides is 1. The third-order valence-corrected chi connectivity index (χ3v) is 2.84. The number of anilines is 1. The van der Waals surface area contributed by atoms with Gasteiger partial charge in [-0.3, -0.25) is 4.79 Å². The quantitative estimate of drug-likeness (QED) is 0.575. The molecule has 2 rings (SSSR count). The lowest BCUT2D eigenvalue weighted by molar-refractivity contribution is -0.131. The van der Waals surface area contributed by atoms with Crippen LogP contribution in [0.1, 0.15) is 0 Å². The fourth-order valence-electron chi connectivity index (χ4n) is 1.83. The van der Waals surface area contributed by atoms with Crippen LogP contribution < -0.4 is 14.8 Å². The standard InChI is InChI=1S/C18H17NO5/c20-17(9-10-18(21)22)19-14-5-4-8-16(13-14)24-12-11-23-15-6-2-1-3-7-15/h1-10,13H,11-12H2,(H,19,20)(H,21,22)/b10-9+. The Morgan fingerprint density at radius 3 is 2.29 bits per heavy atom. The van der Waals surface area contributed by atoms with Gasteiger partial charge in [-0.05, 0) is 24.3 Å². The average molecular weight is 327 g/mol. The van der Waals surface area contributed by atoms with E-state index < -0.39 is 11.9 Å². The highest BCUT2D eigenvalue weighted by atomic mass is 16.5. The molecule has 0 radical (unpaired) electrons. The fourth-order valence-corrected chi connectivity index (χ4v) is 1.83. The van der Waals surface area contributed by atoms with Crippen LogP contribution in [0.4, 0.5) is 5.69 Å². The maximum absolute atomic E-state index is 11.5. The summed E-state index contributed by atoms with van der Waals surface area (Å²) in [6.45, 7) is 0.743. The maximum atomic E-state index is 11.5. The molecule has 0 fully saturated rings. The number of hydrogen-bond donors (Lipinski definition) is 2. The first-order chi connectivity index (χ1) is 11.6. The van der Waals surface area contributed by atoms with Gasteiger partial charge in [-0.1, -0.05) is 24.3 Å². The van der Waals surface area contributed by atoms with Gasteiger partial charge in [0.25, 0.3) is 0 Å². The molecule has 6 nitrogen and oxygen atoms in total. The molecule has 1 amide bonds. The van der Waals surface area contributed by atoms with Gasteiger partial charge in [0.15, 0.2) is 0 Å². The highest BCUT2D eigenvalue weighted by molar-refractivity contribution is 6.02. The van der Waals surface area contributed by atoms with E-state index in [9.17, 15) is 9.59 Å². The Labute approximate surface area is 139 Å². The second-order valence-electron chi connectivity index (χ2n) is 4.70. The molecule has 0 unspecified atom stereocenters. The van der Waals surface area contributed by atoms with Crippen molar-refractivity contribution in [2.24, 2.45) is 0 Å². The van der Waals surface area contributed by atoms with E-state index in [1.807, 2.05) is 30.3 Å². The van der Waals surface area contributed by atoms with E-state index in [0.29, 0.717) is 24.7 Å². The number of carboxylic acids is 1. The lowest BCUT2D eigenvalue weighted by Crippen LogP contribution is -2.10. The summed E-state index contributed by atoms with van der Waals surface area (Å²) < 4.78 is 11.1. The Kier molecular flexibility index (Phi) is 6.40. The van der Waals surface area contributed by atoms with Gasteiger partial charge in [0.2, 0.25) is 5.91 Å². The van der Waals surface area contributed by atoms with Crippen molar-refractivity contribution in [3.05, 3.63) is 66.7 Å². The molecule has 0 aliphatic carbocycles. The number of carboxylic acid groups (broad SMARTS) is 1. The molecular weight excluding hydrogens is 310 g/mol. The molecule has 0 aliphatic rings. The van der Waals surface area contributed by atoms with Crippen molar-refractivity contribution in [2.45, 2.75) is 0 Å².